The second kappa shape index (κ2) is 9.98. The Balaban J connectivity index is 2.83. The van der Waals surface area contributed by atoms with Crippen LogP contribution in [-0.2, 0) is 4.79 Å². The third-order valence-corrected chi connectivity index (χ3v) is 3.56. The summed E-state index contributed by atoms with van der Waals surface area (Å²) in [6.07, 6.45) is 4.60. The Kier molecular flexibility index (Phi) is 8.26. The molecule has 122 valence electrons. The third-order valence-electron chi connectivity index (χ3n) is 3.56. The van der Waals surface area contributed by atoms with E-state index in [0.29, 0.717) is 17.7 Å². The highest BCUT2D eigenvalue weighted by Gasteiger charge is 2.15. The van der Waals surface area contributed by atoms with Crippen LogP contribution in [0.15, 0.2) is 24.3 Å². The van der Waals surface area contributed by atoms with Gasteiger partial charge in [-0.1, -0.05) is 39.7 Å². The van der Waals surface area contributed by atoms with Gasteiger partial charge in [0.05, 0.1) is 0 Å². The number of nitrogens with one attached hydrogen (secondary N) is 1. The number of carbonyl (C=O) groups excluding carboxylic acids is 2. The summed E-state index contributed by atoms with van der Waals surface area (Å²) in [4.78, 5) is 26.1. The van der Waals surface area contributed by atoms with E-state index in [1.54, 1.807) is 6.07 Å². The zero-order valence-corrected chi connectivity index (χ0v) is 14.0. The van der Waals surface area contributed by atoms with Crippen LogP contribution in [0.3, 0.4) is 0 Å². The molecular formula is C18H28N2O2. The molecule has 0 unspecified atom stereocenters. The quantitative estimate of drug-likeness (QED) is 0.747. The van der Waals surface area contributed by atoms with Crippen LogP contribution in [0.2, 0.25) is 0 Å². The fourth-order valence-corrected chi connectivity index (χ4v) is 2.17. The van der Waals surface area contributed by atoms with Crippen molar-refractivity contribution in [2.75, 3.05) is 18.4 Å². The number of anilines is 1. The van der Waals surface area contributed by atoms with E-state index in [9.17, 15) is 9.59 Å². The number of benzene rings is 1. The van der Waals surface area contributed by atoms with Crippen molar-refractivity contribution < 1.29 is 9.59 Å². The Labute approximate surface area is 133 Å². The van der Waals surface area contributed by atoms with E-state index in [-0.39, 0.29) is 11.8 Å². The van der Waals surface area contributed by atoms with Gasteiger partial charge in [0.2, 0.25) is 5.91 Å². The van der Waals surface area contributed by atoms with E-state index >= 15 is 0 Å². The molecule has 1 aromatic rings. The molecule has 0 radical (unpaired) electrons. The Morgan fingerprint density at radius 2 is 1.68 bits per heavy atom. The molecule has 0 atom stereocenters. The van der Waals surface area contributed by atoms with Crippen molar-refractivity contribution in [2.24, 2.45) is 0 Å². The Hall–Kier alpha value is -1.84. The molecule has 4 nitrogen and oxygen atoms in total. The lowest BCUT2D eigenvalue weighted by Gasteiger charge is -2.22. The largest absolute Gasteiger partial charge is 0.339 e. The average Bonchev–Trinajstić information content (AvgIpc) is 2.54. The van der Waals surface area contributed by atoms with Crippen molar-refractivity contribution >= 4 is 17.5 Å². The van der Waals surface area contributed by atoms with Gasteiger partial charge in [-0.2, -0.15) is 0 Å². The van der Waals surface area contributed by atoms with Crippen LogP contribution in [0.1, 0.15) is 63.2 Å². The standard InChI is InChI=1S/C18H28N2O2/c1-4-7-12-20(13-8-5-2)18(22)15-10-9-11-16(14-15)19-17(21)6-3/h9-11,14H,4-8,12-13H2,1-3H3,(H,19,21). The van der Waals surface area contributed by atoms with Gasteiger partial charge in [0.25, 0.3) is 5.91 Å². The molecule has 1 aromatic carbocycles. The number of carbonyl (C=O) groups is 2. The number of hydrogen-bond acceptors (Lipinski definition) is 2. The summed E-state index contributed by atoms with van der Waals surface area (Å²) >= 11 is 0. The molecule has 0 aliphatic heterocycles. The molecule has 0 bridgehead atoms. The number of unbranched alkanes of at least 4 members (excludes halogenated alkanes) is 2. The molecule has 0 saturated heterocycles. The van der Waals surface area contributed by atoms with Crippen LogP contribution in [0.5, 0.6) is 0 Å². The summed E-state index contributed by atoms with van der Waals surface area (Å²) < 4.78 is 0. The number of hydrogen-bond donors (Lipinski definition) is 1. The molecule has 0 aliphatic carbocycles. The van der Waals surface area contributed by atoms with E-state index in [1.165, 1.54) is 0 Å². The predicted octanol–water partition coefficient (Wildman–Crippen LogP) is 4.08. The Morgan fingerprint density at radius 1 is 1.05 bits per heavy atom. The number of rotatable bonds is 9. The van der Waals surface area contributed by atoms with E-state index in [0.717, 1.165) is 38.8 Å². The smallest absolute Gasteiger partial charge is 0.253 e. The zero-order valence-electron chi connectivity index (χ0n) is 14.0. The summed E-state index contributed by atoms with van der Waals surface area (Å²) in [7, 11) is 0. The summed E-state index contributed by atoms with van der Waals surface area (Å²) in [5.41, 5.74) is 1.32. The molecule has 0 saturated carbocycles. The molecule has 22 heavy (non-hydrogen) atoms. The first-order valence-electron chi connectivity index (χ1n) is 8.31. The van der Waals surface area contributed by atoms with Gasteiger partial charge in [-0.15, -0.1) is 0 Å². The first-order chi connectivity index (χ1) is 10.6. The zero-order chi connectivity index (χ0) is 16.4. The topological polar surface area (TPSA) is 49.4 Å². The molecular weight excluding hydrogens is 276 g/mol. The van der Waals surface area contributed by atoms with Crippen LogP contribution in [0, 0.1) is 0 Å². The molecule has 0 spiro atoms. The SMILES string of the molecule is CCCCN(CCCC)C(=O)c1cccc(NC(=O)CC)c1. The lowest BCUT2D eigenvalue weighted by atomic mass is 10.1. The lowest BCUT2D eigenvalue weighted by Crippen LogP contribution is -2.33. The fourth-order valence-electron chi connectivity index (χ4n) is 2.17. The van der Waals surface area contributed by atoms with E-state index in [4.69, 9.17) is 0 Å². The van der Waals surface area contributed by atoms with Crippen LogP contribution >= 0.6 is 0 Å². The molecule has 0 aromatic heterocycles. The molecule has 0 fully saturated rings. The summed E-state index contributed by atoms with van der Waals surface area (Å²) in [5, 5.41) is 2.80. The highest BCUT2D eigenvalue weighted by Crippen LogP contribution is 2.14. The molecule has 0 heterocycles. The van der Waals surface area contributed by atoms with Crippen LogP contribution in [0.4, 0.5) is 5.69 Å². The minimum absolute atomic E-state index is 0.0431. The van der Waals surface area contributed by atoms with Crippen molar-refractivity contribution in [1.82, 2.24) is 4.90 Å². The van der Waals surface area contributed by atoms with E-state index in [2.05, 4.69) is 19.2 Å². The van der Waals surface area contributed by atoms with E-state index in [1.807, 2.05) is 30.0 Å². The molecule has 2 amide bonds. The van der Waals surface area contributed by atoms with Gasteiger partial charge < -0.3 is 10.2 Å². The number of nitrogens with zero attached hydrogens (tertiary/aromatic N) is 1. The van der Waals surface area contributed by atoms with Gasteiger partial charge in [0.1, 0.15) is 0 Å². The summed E-state index contributed by atoms with van der Waals surface area (Å²) in [5.74, 6) is 0.00733. The van der Waals surface area contributed by atoms with Crippen molar-refractivity contribution in [3.63, 3.8) is 0 Å². The molecule has 1 N–H and O–H groups in total. The highest BCUT2D eigenvalue weighted by atomic mass is 16.2. The van der Waals surface area contributed by atoms with Crippen LogP contribution < -0.4 is 5.32 Å². The second-order valence-corrected chi connectivity index (χ2v) is 5.48. The first kappa shape index (κ1) is 18.2. The van der Waals surface area contributed by atoms with Crippen molar-refractivity contribution in [2.45, 2.75) is 52.9 Å². The minimum atomic E-state index is -0.0431. The maximum Gasteiger partial charge on any atom is 0.253 e. The number of amides is 2. The van der Waals surface area contributed by atoms with Crippen molar-refractivity contribution in [1.29, 1.82) is 0 Å². The molecule has 1 rings (SSSR count). The Morgan fingerprint density at radius 3 is 2.23 bits per heavy atom. The van der Waals surface area contributed by atoms with Gasteiger partial charge in [-0.25, -0.2) is 0 Å². The summed E-state index contributed by atoms with van der Waals surface area (Å²) in [6, 6.07) is 7.21. The maximum absolute atomic E-state index is 12.7. The molecule has 0 aliphatic rings. The lowest BCUT2D eigenvalue weighted by molar-refractivity contribution is -0.115. The fraction of sp³-hybridized carbons (Fsp3) is 0.556. The minimum Gasteiger partial charge on any atom is -0.339 e. The first-order valence-corrected chi connectivity index (χ1v) is 8.31. The maximum atomic E-state index is 12.7. The Bertz CT molecular complexity index is 478. The monoisotopic (exact) mass is 304 g/mol. The second-order valence-electron chi connectivity index (χ2n) is 5.48. The average molecular weight is 304 g/mol. The van der Waals surface area contributed by atoms with Crippen LogP contribution in [0.25, 0.3) is 0 Å². The normalized spacial score (nSPS) is 10.3. The molecule has 4 heteroatoms. The highest BCUT2D eigenvalue weighted by molar-refractivity contribution is 5.97. The van der Waals surface area contributed by atoms with Crippen molar-refractivity contribution in [3.8, 4) is 0 Å². The van der Waals surface area contributed by atoms with Crippen molar-refractivity contribution in [3.05, 3.63) is 29.8 Å². The van der Waals surface area contributed by atoms with Crippen LogP contribution in [-0.4, -0.2) is 29.8 Å². The van der Waals surface area contributed by atoms with Gasteiger partial charge in [-0.3, -0.25) is 9.59 Å². The van der Waals surface area contributed by atoms with Gasteiger partial charge in [0, 0.05) is 30.8 Å². The summed E-state index contributed by atoms with van der Waals surface area (Å²) in [6.45, 7) is 7.65. The predicted molar refractivity (Wildman–Crippen MR) is 91.1 cm³/mol. The van der Waals surface area contributed by atoms with Gasteiger partial charge in [0.15, 0.2) is 0 Å². The van der Waals surface area contributed by atoms with Gasteiger partial charge >= 0.3 is 0 Å². The van der Waals surface area contributed by atoms with E-state index < -0.39 is 0 Å². The van der Waals surface area contributed by atoms with Gasteiger partial charge in [-0.05, 0) is 31.0 Å². The third kappa shape index (κ3) is 5.88.